The highest BCUT2D eigenvalue weighted by atomic mass is 35.5. The van der Waals surface area contributed by atoms with E-state index in [2.05, 4.69) is 0 Å². The number of halogens is 2. The van der Waals surface area contributed by atoms with Crippen LogP contribution in [0, 0.1) is 5.82 Å². The van der Waals surface area contributed by atoms with Gasteiger partial charge in [-0.3, -0.25) is 0 Å². The molecule has 0 saturated heterocycles. The number of anilines is 1. The van der Waals surface area contributed by atoms with Gasteiger partial charge in [0, 0.05) is 0 Å². The summed E-state index contributed by atoms with van der Waals surface area (Å²) >= 11 is 0. The summed E-state index contributed by atoms with van der Waals surface area (Å²) in [6.07, 6.45) is 0. The van der Waals surface area contributed by atoms with Gasteiger partial charge in [-0.1, -0.05) is 0 Å². The lowest BCUT2D eigenvalue weighted by Crippen LogP contribution is -1.95. The second-order valence-corrected chi connectivity index (χ2v) is 2.19. The van der Waals surface area contributed by atoms with Crippen molar-refractivity contribution in [2.75, 3.05) is 12.5 Å². The summed E-state index contributed by atoms with van der Waals surface area (Å²) in [5.74, 6) is 0.336. The van der Waals surface area contributed by atoms with Crippen LogP contribution < -0.4 is 15.2 Å². The zero-order valence-corrected chi connectivity index (χ0v) is 6.86. The van der Waals surface area contributed by atoms with Crippen LogP contribution in [0.15, 0.2) is 12.1 Å². The highest BCUT2D eigenvalue weighted by Crippen LogP contribution is 2.38. The van der Waals surface area contributed by atoms with E-state index in [1.807, 2.05) is 0 Å². The van der Waals surface area contributed by atoms with Crippen LogP contribution in [-0.2, 0) is 0 Å². The van der Waals surface area contributed by atoms with Gasteiger partial charge in [-0.25, -0.2) is 4.39 Å². The predicted octanol–water partition coefficient (Wildman–Crippen LogP) is 1.56. The average molecular weight is 192 g/mol. The summed E-state index contributed by atoms with van der Waals surface area (Å²) in [4.78, 5) is 0. The maximum atomic E-state index is 12.7. The molecule has 0 fully saturated rings. The molecule has 0 unspecified atom stereocenters. The van der Waals surface area contributed by atoms with Crippen LogP contribution in [0.3, 0.4) is 0 Å². The molecule has 0 amide bonds. The number of benzene rings is 1. The molecule has 2 rings (SSSR count). The molecular formula is C7H7ClFNO2. The summed E-state index contributed by atoms with van der Waals surface area (Å²) in [7, 11) is 0. The van der Waals surface area contributed by atoms with Gasteiger partial charge < -0.3 is 15.2 Å². The Bertz CT molecular complexity index is 306. The minimum atomic E-state index is -0.478. The highest BCUT2D eigenvalue weighted by Gasteiger charge is 2.18. The number of rotatable bonds is 0. The molecule has 0 atom stereocenters. The first-order valence-corrected chi connectivity index (χ1v) is 3.12. The summed E-state index contributed by atoms with van der Waals surface area (Å²) < 4.78 is 22.6. The molecule has 0 bridgehead atoms. The summed E-state index contributed by atoms with van der Waals surface area (Å²) in [5.41, 5.74) is 5.37. The Labute approximate surface area is 74.7 Å². The molecule has 5 heteroatoms. The highest BCUT2D eigenvalue weighted by molar-refractivity contribution is 5.85. The van der Waals surface area contributed by atoms with E-state index in [-0.39, 0.29) is 24.9 Å². The van der Waals surface area contributed by atoms with E-state index in [1.165, 1.54) is 12.1 Å². The second kappa shape index (κ2) is 3.06. The van der Waals surface area contributed by atoms with E-state index in [4.69, 9.17) is 15.2 Å². The van der Waals surface area contributed by atoms with Crippen molar-refractivity contribution in [2.24, 2.45) is 0 Å². The molecule has 0 radical (unpaired) electrons. The van der Waals surface area contributed by atoms with Crippen LogP contribution in [0.1, 0.15) is 0 Å². The third kappa shape index (κ3) is 1.14. The molecule has 12 heavy (non-hydrogen) atoms. The van der Waals surface area contributed by atoms with Gasteiger partial charge in [0.05, 0.1) is 0 Å². The van der Waals surface area contributed by atoms with Gasteiger partial charge in [0.25, 0.3) is 0 Å². The van der Waals surface area contributed by atoms with E-state index in [1.54, 1.807) is 0 Å². The second-order valence-electron chi connectivity index (χ2n) is 2.19. The lowest BCUT2D eigenvalue weighted by Gasteiger charge is -1.99. The molecule has 1 heterocycles. The fourth-order valence-electron chi connectivity index (χ4n) is 0.970. The van der Waals surface area contributed by atoms with Gasteiger partial charge in [0.2, 0.25) is 6.79 Å². The maximum absolute atomic E-state index is 12.7. The minimum absolute atomic E-state index is 0. The zero-order chi connectivity index (χ0) is 7.84. The molecule has 66 valence electrons. The van der Waals surface area contributed by atoms with Gasteiger partial charge in [0.1, 0.15) is 11.5 Å². The monoisotopic (exact) mass is 191 g/mol. The third-order valence-electron chi connectivity index (χ3n) is 1.52. The Hall–Kier alpha value is -1.16. The van der Waals surface area contributed by atoms with Gasteiger partial charge in [-0.05, 0) is 12.1 Å². The van der Waals surface area contributed by atoms with Crippen LogP contribution in [0.2, 0.25) is 0 Å². The van der Waals surface area contributed by atoms with Crippen LogP contribution in [-0.4, -0.2) is 6.79 Å². The van der Waals surface area contributed by atoms with Crippen LogP contribution in [0.5, 0.6) is 11.5 Å². The molecule has 2 N–H and O–H groups in total. The van der Waals surface area contributed by atoms with Crippen molar-refractivity contribution >= 4 is 18.1 Å². The van der Waals surface area contributed by atoms with Crippen LogP contribution in [0.25, 0.3) is 0 Å². The van der Waals surface area contributed by atoms with Crippen molar-refractivity contribution in [3.8, 4) is 11.5 Å². The van der Waals surface area contributed by atoms with Gasteiger partial charge in [0.15, 0.2) is 11.5 Å². The van der Waals surface area contributed by atoms with Crippen molar-refractivity contribution in [3.63, 3.8) is 0 Å². The first-order chi connectivity index (χ1) is 5.29. The topological polar surface area (TPSA) is 44.5 Å². The molecule has 0 saturated carbocycles. The first kappa shape index (κ1) is 8.93. The molecule has 0 spiro atoms. The standard InChI is InChI=1S/C7H6FNO2.ClH/c8-4-1-2-5-7(6(4)9)11-3-10-5;/h1-2H,3,9H2;1H. The van der Waals surface area contributed by atoms with Crippen molar-refractivity contribution in [1.82, 2.24) is 0 Å². The number of nitrogen functional groups attached to an aromatic ring is 1. The molecule has 1 aliphatic heterocycles. The lowest BCUT2D eigenvalue weighted by molar-refractivity contribution is 0.174. The quantitative estimate of drug-likeness (QED) is 0.633. The van der Waals surface area contributed by atoms with E-state index < -0.39 is 5.82 Å². The molecule has 1 aromatic rings. The summed E-state index contributed by atoms with van der Waals surface area (Å²) in [6.45, 7) is 0.114. The maximum Gasteiger partial charge on any atom is 0.231 e. The van der Waals surface area contributed by atoms with E-state index >= 15 is 0 Å². The Morgan fingerprint density at radius 1 is 1.33 bits per heavy atom. The largest absolute Gasteiger partial charge is 0.454 e. The van der Waals surface area contributed by atoms with Crippen LogP contribution in [0.4, 0.5) is 10.1 Å². The summed E-state index contributed by atoms with van der Waals surface area (Å²) in [6, 6.07) is 2.75. The number of nitrogens with two attached hydrogens (primary N) is 1. The van der Waals surface area contributed by atoms with Crippen molar-refractivity contribution in [2.45, 2.75) is 0 Å². The number of hydrogen-bond donors (Lipinski definition) is 1. The molecule has 3 nitrogen and oxygen atoms in total. The smallest absolute Gasteiger partial charge is 0.231 e. The van der Waals surface area contributed by atoms with Crippen molar-refractivity contribution in [1.29, 1.82) is 0 Å². The predicted molar refractivity (Wildman–Crippen MR) is 44.2 cm³/mol. The lowest BCUT2D eigenvalue weighted by atomic mass is 10.2. The fraction of sp³-hybridized carbons (Fsp3) is 0.143. The number of fused-ring (bicyclic) bond motifs is 1. The van der Waals surface area contributed by atoms with Gasteiger partial charge in [-0.2, -0.15) is 0 Å². The van der Waals surface area contributed by atoms with Gasteiger partial charge >= 0.3 is 0 Å². The Kier molecular flexibility index (Phi) is 2.28. The number of ether oxygens (including phenoxy) is 2. The van der Waals surface area contributed by atoms with Gasteiger partial charge in [-0.15, -0.1) is 12.4 Å². The third-order valence-corrected chi connectivity index (χ3v) is 1.52. The van der Waals surface area contributed by atoms with Crippen LogP contribution >= 0.6 is 12.4 Å². The Morgan fingerprint density at radius 3 is 2.83 bits per heavy atom. The number of hydrogen-bond acceptors (Lipinski definition) is 3. The van der Waals surface area contributed by atoms with Crippen molar-refractivity contribution in [3.05, 3.63) is 17.9 Å². The van der Waals surface area contributed by atoms with E-state index in [0.29, 0.717) is 11.5 Å². The Morgan fingerprint density at radius 2 is 2.08 bits per heavy atom. The molecule has 0 aromatic heterocycles. The van der Waals surface area contributed by atoms with Crippen molar-refractivity contribution < 1.29 is 13.9 Å². The molecule has 1 aliphatic rings. The van der Waals surface area contributed by atoms with E-state index in [9.17, 15) is 4.39 Å². The molecule has 1 aromatic carbocycles. The first-order valence-electron chi connectivity index (χ1n) is 3.12. The normalized spacial score (nSPS) is 12.4. The minimum Gasteiger partial charge on any atom is -0.454 e. The fourth-order valence-corrected chi connectivity index (χ4v) is 0.970. The SMILES string of the molecule is Cl.Nc1c(F)ccc2c1OCO2. The zero-order valence-electron chi connectivity index (χ0n) is 6.04. The molecule has 0 aliphatic carbocycles. The summed E-state index contributed by atoms with van der Waals surface area (Å²) in [5, 5.41) is 0. The molecular weight excluding hydrogens is 185 g/mol. The van der Waals surface area contributed by atoms with E-state index in [0.717, 1.165) is 0 Å². The Balaban J connectivity index is 0.000000720. The average Bonchev–Trinajstić information content (AvgIpc) is 2.45.